The Labute approximate surface area is 128 Å². The fourth-order valence-corrected chi connectivity index (χ4v) is 2.19. The zero-order chi connectivity index (χ0) is 16.6. The summed E-state index contributed by atoms with van der Waals surface area (Å²) in [6.45, 7) is 0.422. The summed E-state index contributed by atoms with van der Waals surface area (Å²) in [6, 6.07) is 0. The maximum absolute atomic E-state index is 12.3. The van der Waals surface area contributed by atoms with E-state index in [1.807, 2.05) is 0 Å². The quantitative estimate of drug-likeness (QED) is 0.461. The molecule has 1 fully saturated rings. The Morgan fingerprint density at radius 2 is 1.64 bits per heavy atom. The molecular formula is C13H21N3O6. The Morgan fingerprint density at radius 1 is 1.05 bits per heavy atom. The van der Waals surface area contributed by atoms with Gasteiger partial charge >= 0.3 is 11.9 Å². The number of hydrogen-bond donors (Lipinski definition) is 3. The first-order valence-corrected chi connectivity index (χ1v) is 6.83. The van der Waals surface area contributed by atoms with E-state index >= 15 is 0 Å². The Morgan fingerprint density at radius 3 is 2.14 bits per heavy atom. The second-order valence-electron chi connectivity index (χ2n) is 5.00. The van der Waals surface area contributed by atoms with Gasteiger partial charge in [-0.2, -0.15) is 0 Å². The molecule has 1 aliphatic heterocycles. The van der Waals surface area contributed by atoms with Crippen LogP contribution >= 0.6 is 0 Å². The summed E-state index contributed by atoms with van der Waals surface area (Å²) in [7, 11) is 2.44. The molecule has 1 unspecified atom stereocenters. The molecule has 0 bridgehead atoms. The van der Waals surface area contributed by atoms with E-state index in [1.165, 1.54) is 14.2 Å². The molecule has 1 saturated heterocycles. The van der Waals surface area contributed by atoms with E-state index in [0.29, 0.717) is 19.5 Å². The second kappa shape index (κ2) is 8.32. The number of hydrogen-bond acceptors (Lipinski definition) is 7. The molecule has 0 aromatic carbocycles. The van der Waals surface area contributed by atoms with Crippen LogP contribution in [0.5, 0.6) is 0 Å². The van der Waals surface area contributed by atoms with Crippen LogP contribution in [0.15, 0.2) is 0 Å². The number of ether oxygens (including phenoxy) is 2. The molecule has 9 nitrogen and oxygen atoms in total. The van der Waals surface area contributed by atoms with Crippen molar-refractivity contribution in [3.63, 3.8) is 0 Å². The van der Waals surface area contributed by atoms with Gasteiger partial charge in [0.05, 0.1) is 19.6 Å². The van der Waals surface area contributed by atoms with Crippen LogP contribution in [0.1, 0.15) is 12.8 Å². The van der Waals surface area contributed by atoms with Crippen LogP contribution in [-0.4, -0.2) is 64.2 Å². The lowest BCUT2D eigenvalue weighted by atomic mass is 9.82. The van der Waals surface area contributed by atoms with E-state index in [9.17, 15) is 19.2 Å². The molecule has 2 amide bonds. The molecule has 1 aliphatic rings. The lowest BCUT2D eigenvalue weighted by Crippen LogP contribution is -2.47. The summed E-state index contributed by atoms with van der Waals surface area (Å²) in [5.41, 5.74) is -0.936. The Bertz CT molecular complexity index is 445. The third-order valence-corrected chi connectivity index (χ3v) is 3.50. The normalized spacial score (nSPS) is 20.1. The van der Waals surface area contributed by atoms with Crippen LogP contribution < -0.4 is 16.0 Å². The minimum Gasteiger partial charge on any atom is -0.468 e. The van der Waals surface area contributed by atoms with E-state index < -0.39 is 29.2 Å². The van der Waals surface area contributed by atoms with Gasteiger partial charge in [-0.15, -0.1) is 0 Å². The van der Waals surface area contributed by atoms with Gasteiger partial charge in [-0.25, -0.2) is 0 Å². The van der Waals surface area contributed by atoms with Gasteiger partial charge in [0, 0.05) is 13.0 Å². The summed E-state index contributed by atoms with van der Waals surface area (Å²) in [5.74, 6) is -1.95. The molecule has 124 valence electrons. The van der Waals surface area contributed by atoms with Crippen LogP contribution in [0.3, 0.4) is 0 Å². The van der Waals surface area contributed by atoms with Crippen molar-refractivity contribution in [3.8, 4) is 0 Å². The van der Waals surface area contributed by atoms with Crippen molar-refractivity contribution in [1.29, 1.82) is 0 Å². The predicted molar refractivity (Wildman–Crippen MR) is 74.6 cm³/mol. The van der Waals surface area contributed by atoms with Crippen molar-refractivity contribution < 1.29 is 28.7 Å². The molecule has 0 aromatic rings. The van der Waals surface area contributed by atoms with Crippen molar-refractivity contribution in [2.75, 3.05) is 40.4 Å². The van der Waals surface area contributed by atoms with Crippen molar-refractivity contribution in [1.82, 2.24) is 16.0 Å². The number of amides is 2. The average Bonchev–Trinajstić information content (AvgIpc) is 2.99. The zero-order valence-electron chi connectivity index (χ0n) is 12.7. The highest BCUT2D eigenvalue weighted by Crippen LogP contribution is 2.29. The van der Waals surface area contributed by atoms with Gasteiger partial charge in [-0.05, 0) is 13.0 Å². The number of esters is 2. The van der Waals surface area contributed by atoms with Crippen molar-refractivity contribution in [2.24, 2.45) is 5.41 Å². The predicted octanol–water partition coefficient (Wildman–Crippen LogP) is -2.07. The highest BCUT2D eigenvalue weighted by Gasteiger charge is 2.43. The molecule has 1 heterocycles. The third kappa shape index (κ3) is 4.99. The lowest BCUT2D eigenvalue weighted by Gasteiger charge is -2.26. The van der Waals surface area contributed by atoms with Gasteiger partial charge < -0.3 is 25.4 Å². The molecule has 0 aromatic heterocycles. The van der Waals surface area contributed by atoms with Crippen LogP contribution in [0.25, 0.3) is 0 Å². The monoisotopic (exact) mass is 315 g/mol. The minimum atomic E-state index is -0.936. The second-order valence-corrected chi connectivity index (χ2v) is 5.00. The fourth-order valence-electron chi connectivity index (χ4n) is 2.19. The zero-order valence-corrected chi connectivity index (χ0v) is 12.7. The van der Waals surface area contributed by atoms with Gasteiger partial charge in [0.1, 0.15) is 13.1 Å². The first-order chi connectivity index (χ1) is 10.4. The highest BCUT2D eigenvalue weighted by atomic mass is 16.5. The number of rotatable bonds is 7. The number of nitrogens with one attached hydrogen (secondary N) is 3. The summed E-state index contributed by atoms with van der Waals surface area (Å²) in [4.78, 5) is 46.3. The van der Waals surface area contributed by atoms with Crippen molar-refractivity contribution in [3.05, 3.63) is 0 Å². The van der Waals surface area contributed by atoms with Crippen LogP contribution in [-0.2, 0) is 28.7 Å². The van der Waals surface area contributed by atoms with E-state index in [-0.39, 0.29) is 19.5 Å². The van der Waals surface area contributed by atoms with E-state index in [0.717, 1.165) is 0 Å². The van der Waals surface area contributed by atoms with Crippen LogP contribution in [0.4, 0.5) is 0 Å². The lowest BCUT2D eigenvalue weighted by molar-refractivity contribution is -0.144. The fraction of sp³-hybridized carbons (Fsp3) is 0.692. The van der Waals surface area contributed by atoms with E-state index in [4.69, 9.17) is 0 Å². The molecule has 0 aliphatic carbocycles. The topological polar surface area (TPSA) is 123 Å². The molecule has 9 heteroatoms. The first kappa shape index (κ1) is 17.9. The summed E-state index contributed by atoms with van der Waals surface area (Å²) < 4.78 is 8.88. The average molecular weight is 315 g/mol. The van der Waals surface area contributed by atoms with Gasteiger partial charge in [0.2, 0.25) is 11.8 Å². The number of carbonyl (C=O) groups excluding carboxylic acids is 4. The summed E-state index contributed by atoms with van der Waals surface area (Å²) in [5, 5.41) is 7.90. The van der Waals surface area contributed by atoms with Crippen LogP contribution in [0, 0.1) is 5.41 Å². The Balaban J connectivity index is 2.59. The molecule has 0 saturated carbocycles. The minimum absolute atomic E-state index is 0.0794. The van der Waals surface area contributed by atoms with Crippen molar-refractivity contribution in [2.45, 2.75) is 12.8 Å². The van der Waals surface area contributed by atoms with E-state index in [2.05, 4.69) is 25.4 Å². The standard InChI is InChI=1S/C13H21N3O6/c1-21-10(18)6-15-9(17)5-13(3-4-14-8-13)12(20)16-7-11(19)22-2/h14H,3-8H2,1-2H3,(H,15,17)(H,16,20). The van der Waals surface area contributed by atoms with Crippen LogP contribution in [0.2, 0.25) is 0 Å². The van der Waals surface area contributed by atoms with Gasteiger partial charge in [-0.3, -0.25) is 19.2 Å². The molecule has 1 rings (SSSR count). The first-order valence-electron chi connectivity index (χ1n) is 6.83. The smallest absolute Gasteiger partial charge is 0.325 e. The SMILES string of the molecule is COC(=O)CNC(=O)CC1(C(=O)NCC(=O)OC)CCNC1. The Kier molecular flexibility index (Phi) is 6.77. The molecule has 22 heavy (non-hydrogen) atoms. The maximum Gasteiger partial charge on any atom is 0.325 e. The van der Waals surface area contributed by atoms with Gasteiger partial charge in [0.15, 0.2) is 0 Å². The van der Waals surface area contributed by atoms with Gasteiger partial charge in [0.25, 0.3) is 0 Å². The van der Waals surface area contributed by atoms with E-state index in [1.54, 1.807) is 0 Å². The molecule has 0 spiro atoms. The molecule has 1 atom stereocenters. The Hall–Kier alpha value is -2.16. The largest absolute Gasteiger partial charge is 0.468 e. The van der Waals surface area contributed by atoms with Gasteiger partial charge in [-0.1, -0.05) is 0 Å². The number of methoxy groups -OCH3 is 2. The maximum atomic E-state index is 12.3. The highest BCUT2D eigenvalue weighted by molar-refractivity contribution is 5.92. The molecule has 3 N–H and O–H groups in total. The molecule has 0 radical (unpaired) electrons. The molecular weight excluding hydrogens is 294 g/mol. The third-order valence-electron chi connectivity index (χ3n) is 3.50. The summed E-state index contributed by atoms with van der Waals surface area (Å²) in [6.07, 6.45) is 0.385. The van der Waals surface area contributed by atoms with Crippen molar-refractivity contribution >= 4 is 23.8 Å². The summed E-state index contributed by atoms with van der Waals surface area (Å²) >= 11 is 0. The number of carbonyl (C=O) groups is 4.